The Labute approximate surface area is 175 Å². The number of carbonyl (C=O) groups excluding carboxylic acids is 1. The molecule has 1 fully saturated rings. The van der Waals surface area contributed by atoms with E-state index in [0.717, 1.165) is 18.5 Å². The summed E-state index contributed by atoms with van der Waals surface area (Å²) in [7, 11) is 0. The second-order valence-corrected chi connectivity index (χ2v) is 7.57. The second-order valence-electron chi connectivity index (χ2n) is 7.57. The van der Waals surface area contributed by atoms with Gasteiger partial charge in [0.15, 0.2) is 0 Å². The van der Waals surface area contributed by atoms with Crippen molar-refractivity contribution in [1.29, 1.82) is 0 Å². The van der Waals surface area contributed by atoms with Gasteiger partial charge in [0.1, 0.15) is 11.4 Å². The Morgan fingerprint density at radius 1 is 1.10 bits per heavy atom. The monoisotopic (exact) mass is 401 g/mol. The molecule has 3 aromatic rings. The summed E-state index contributed by atoms with van der Waals surface area (Å²) < 4.78 is 0. The topological polar surface area (TPSA) is 82.5 Å². The number of anilines is 2. The van der Waals surface area contributed by atoms with Crippen molar-refractivity contribution in [2.24, 2.45) is 0 Å². The summed E-state index contributed by atoms with van der Waals surface area (Å²) in [6.07, 6.45) is 2.46. The fourth-order valence-electron chi connectivity index (χ4n) is 3.87. The van der Waals surface area contributed by atoms with Gasteiger partial charge in [0.25, 0.3) is 5.91 Å². The van der Waals surface area contributed by atoms with E-state index in [0.29, 0.717) is 29.5 Å². The molecule has 1 aromatic heterocycles. The number of nitrogens with one attached hydrogen (secondary N) is 1. The van der Waals surface area contributed by atoms with Crippen LogP contribution in [0.4, 0.5) is 11.5 Å². The maximum absolute atomic E-state index is 12.5. The minimum atomic E-state index is -1.06. The van der Waals surface area contributed by atoms with Gasteiger partial charge in [-0.05, 0) is 37.1 Å². The van der Waals surface area contributed by atoms with E-state index in [1.807, 2.05) is 42.2 Å². The molecule has 2 aromatic carbocycles. The van der Waals surface area contributed by atoms with Crippen molar-refractivity contribution in [2.45, 2.75) is 19.3 Å². The van der Waals surface area contributed by atoms with Crippen LogP contribution in [-0.4, -0.2) is 35.1 Å². The maximum atomic E-state index is 12.5. The molecule has 4 rings (SSSR count). The molecule has 2 heterocycles. The van der Waals surface area contributed by atoms with E-state index < -0.39 is 5.97 Å². The summed E-state index contributed by atoms with van der Waals surface area (Å²) in [5.74, 6) is -0.577. The highest BCUT2D eigenvalue weighted by molar-refractivity contribution is 6.05. The van der Waals surface area contributed by atoms with Crippen molar-refractivity contribution in [3.8, 4) is 0 Å². The zero-order valence-corrected chi connectivity index (χ0v) is 16.7. The van der Waals surface area contributed by atoms with Crippen LogP contribution < -0.4 is 10.2 Å². The van der Waals surface area contributed by atoms with Crippen LogP contribution in [0, 0.1) is 6.92 Å². The number of aromatic carboxylic acids is 1. The Balaban J connectivity index is 1.54. The fraction of sp³-hybridized carbons (Fsp3) is 0.208. The van der Waals surface area contributed by atoms with Gasteiger partial charge in [-0.15, -0.1) is 0 Å². The number of hydrogen-bond acceptors (Lipinski definition) is 4. The largest absolute Gasteiger partial charge is 0.478 e. The van der Waals surface area contributed by atoms with Crippen molar-refractivity contribution in [3.05, 3.63) is 89.1 Å². The van der Waals surface area contributed by atoms with Crippen molar-refractivity contribution in [2.75, 3.05) is 23.3 Å². The number of hydrogen-bond donors (Lipinski definition) is 2. The average Bonchev–Trinajstić information content (AvgIpc) is 3.24. The van der Waals surface area contributed by atoms with E-state index in [1.54, 1.807) is 12.1 Å². The quantitative estimate of drug-likeness (QED) is 0.665. The second kappa shape index (κ2) is 8.37. The summed E-state index contributed by atoms with van der Waals surface area (Å²) in [5, 5.41) is 12.5. The van der Waals surface area contributed by atoms with Crippen molar-refractivity contribution in [3.63, 3.8) is 0 Å². The minimum absolute atomic E-state index is 0.0887. The van der Waals surface area contributed by atoms with Crippen molar-refractivity contribution >= 4 is 23.4 Å². The van der Waals surface area contributed by atoms with Gasteiger partial charge in [0.05, 0.1) is 11.9 Å². The van der Waals surface area contributed by atoms with Crippen LogP contribution in [0.25, 0.3) is 0 Å². The predicted molar refractivity (Wildman–Crippen MR) is 116 cm³/mol. The van der Waals surface area contributed by atoms with Gasteiger partial charge < -0.3 is 15.3 Å². The third kappa shape index (κ3) is 4.17. The third-order valence-electron chi connectivity index (χ3n) is 5.39. The van der Waals surface area contributed by atoms with Gasteiger partial charge in [-0.1, -0.05) is 48.0 Å². The highest BCUT2D eigenvalue weighted by Gasteiger charge is 2.28. The van der Waals surface area contributed by atoms with E-state index in [2.05, 4.69) is 22.4 Å². The van der Waals surface area contributed by atoms with Gasteiger partial charge in [-0.25, -0.2) is 9.78 Å². The minimum Gasteiger partial charge on any atom is -0.478 e. The molecule has 6 nitrogen and oxygen atoms in total. The van der Waals surface area contributed by atoms with Crippen LogP contribution in [0.5, 0.6) is 0 Å². The Kier molecular flexibility index (Phi) is 5.48. The standard InChI is InChI=1S/C24H23N3O3/c1-16-6-5-9-18(12-16)23(28)26-20-13-21(24(29)30)22(25-14-20)27-11-10-19(15-27)17-7-3-2-4-8-17/h2-9,12-14,19H,10-11,15H2,1H3,(H,26,28)(H,29,30)/t19-/m1/s1. The van der Waals surface area contributed by atoms with E-state index in [9.17, 15) is 14.7 Å². The first-order chi connectivity index (χ1) is 14.5. The Morgan fingerprint density at radius 3 is 2.63 bits per heavy atom. The Hall–Kier alpha value is -3.67. The predicted octanol–water partition coefficient (Wildman–Crippen LogP) is 4.33. The number of carboxylic acid groups (broad SMARTS) is 1. The highest BCUT2D eigenvalue weighted by Crippen LogP contribution is 2.32. The molecule has 1 amide bonds. The number of carboxylic acids is 1. The lowest BCUT2D eigenvalue weighted by atomic mass is 9.99. The zero-order valence-electron chi connectivity index (χ0n) is 16.7. The third-order valence-corrected chi connectivity index (χ3v) is 5.39. The number of carbonyl (C=O) groups is 2. The summed E-state index contributed by atoms with van der Waals surface area (Å²) >= 11 is 0. The van der Waals surface area contributed by atoms with Gasteiger partial charge >= 0.3 is 5.97 Å². The lowest BCUT2D eigenvalue weighted by molar-refractivity contribution is 0.0697. The number of amides is 1. The average molecular weight is 401 g/mol. The summed E-state index contributed by atoms with van der Waals surface area (Å²) in [6, 6.07) is 18.9. The maximum Gasteiger partial charge on any atom is 0.339 e. The van der Waals surface area contributed by atoms with E-state index in [1.165, 1.54) is 17.8 Å². The summed E-state index contributed by atoms with van der Waals surface area (Å²) in [4.78, 5) is 30.8. The van der Waals surface area contributed by atoms with Crippen LogP contribution in [-0.2, 0) is 0 Å². The molecule has 1 atom stereocenters. The smallest absolute Gasteiger partial charge is 0.339 e. The molecule has 0 saturated carbocycles. The SMILES string of the molecule is Cc1cccc(C(=O)Nc2cnc(N3CC[C@@H](c4ccccc4)C3)c(C(=O)O)c2)c1. The number of aromatic nitrogens is 1. The molecule has 0 spiro atoms. The molecule has 6 heteroatoms. The van der Waals surface area contributed by atoms with Crippen LogP contribution in [0.15, 0.2) is 66.9 Å². The van der Waals surface area contributed by atoms with Crippen LogP contribution in [0.2, 0.25) is 0 Å². The molecule has 0 radical (unpaired) electrons. The number of aryl methyl sites for hydroxylation is 1. The molecular formula is C24H23N3O3. The Bertz CT molecular complexity index is 1080. The van der Waals surface area contributed by atoms with E-state index in [-0.39, 0.29) is 11.5 Å². The van der Waals surface area contributed by atoms with Crippen LogP contribution >= 0.6 is 0 Å². The molecule has 0 unspecified atom stereocenters. The van der Waals surface area contributed by atoms with Crippen LogP contribution in [0.1, 0.15) is 44.2 Å². The van der Waals surface area contributed by atoms with Gasteiger partial charge in [0, 0.05) is 24.6 Å². The number of benzene rings is 2. The van der Waals surface area contributed by atoms with Crippen LogP contribution in [0.3, 0.4) is 0 Å². The molecule has 0 aliphatic carbocycles. The Morgan fingerprint density at radius 2 is 1.90 bits per heavy atom. The number of pyridine rings is 1. The van der Waals surface area contributed by atoms with Crippen molar-refractivity contribution in [1.82, 2.24) is 4.98 Å². The van der Waals surface area contributed by atoms with Gasteiger partial charge in [-0.2, -0.15) is 0 Å². The molecule has 1 aliphatic heterocycles. The summed E-state index contributed by atoms with van der Waals surface area (Å²) in [5.41, 5.74) is 3.19. The van der Waals surface area contributed by atoms with E-state index >= 15 is 0 Å². The fourth-order valence-corrected chi connectivity index (χ4v) is 3.87. The molecule has 2 N–H and O–H groups in total. The molecule has 152 valence electrons. The first-order valence-electron chi connectivity index (χ1n) is 9.92. The number of nitrogens with zero attached hydrogens (tertiary/aromatic N) is 2. The molecule has 1 saturated heterocycles. The zero-order chi connectivity index (χ0) is 21.1. The lowest BCUT2D eigenvalue weighted by Crippen LogP contribution is -2.23. The molecule has 1 aliphatic rings. The van der Waals surface area contributed by atoms with Gasteiger partial charge in [-0.3, -0.25) is 4.79 Å². The first kappa shape index (κ1) is 19.6. The molecular weight excluding hydrogens is 378 g/mol. The van der Waals surface area contributed by atoms with Crippen molar-refractivity contribution < 1.29 is 14.7 Å². The first-order valence-corrected chi connectivity index (χ1v) is 9.92. The summed E-state index contributed by atoms with van der Waals surface area (Å²) in [6.45, 7) is 3.36. The van der Waals surface area contributed by atoms with E-state index in [4.69, 9.17) is 0 Å². The normalized spacial score (nSPS) is 15.8. The number of rotatable bonds is 5. The highest BCUT2D eigenvalue weighted by atomic mass is 16.4. The molecule has 30 heavy (non-hydrogen) atoms. The molecule has 0 bridgehead atoms. The van der Waals surface area contributed by atoms with Gasteiger partial charge in [0.2, 0.25) is 0 Å². The lowest BCUT2D eigenvalue weighted by Gasteiger charge is -2.20.